The standard InChI is InChI=1S/C20H17N7/c21-19-18-17(8-14-6-3-5-13-4-1-2-7-16(13)14)26-27(20(18)25-12-24-19)10-15-9-22-11-23-15/h1-7,9,11-12H,8,10H2,(H,22,23)(H2,21,24,25). The molecule has 3 N–H and O–H groups in total. The van der Waals surface area contributed by atoms with Crippen LogP contribution in [-0.2, 0) is 13.0 Å². The molecule has 0 amide bonds. The number of nitrogens with zero attached hydrogens (tertiary/aromatic N) is 5. The van der Waals surface area contributed by atoms with Gasteiger partial charge in [0.25, 0.3) is 0 Å². The highest BCUT2D eigenvalue weighted by atomic mass is 15.3. The Bertz CT molecular complexity index is 1230. The van der Waals surface area contributed by atoms with Crippen molar-refractivity contribution in [2.24, 2.45) is 0 Å². The molecule has 0 aliphatic carbocycles. The Hall–Kier alpha value is -3.74. The molecule has 0 aliphatic rings. The van der Waals surface area contributed by atoms with E-state index < -0.39 is 0 Å². The third-order valence-electron chi connectivity index (χ3n) is 4.74. The van der Waals surface area contributed by atoms with Gasteiger partial charge < -0.3 is 10.7 Å². The quantitative estimate of drug-likeness (QED) is 0.516. The van der Waals surface area contributed by atoms with Crippen LogP contribution in [0, 0.1) is 0 Å². The zero-order chi connectivity index (χ0) is 18.2. The van der Waals surface area contributed by atoms with Gasteiger partial charge in [0.15, 0.2) is 5.65 Å². The predicted molar refractivity (Wildman–Crippen MR) is 104 cm³/mol. The number of fused-ring (bicyclic) bond motifs is 2. The zero-order valence-electron chi connectivity index (χ0n) is 14.5. The number of rotatable bonds is 4. The summed E-state index contributed by atoms with van der Waals surface area (Å²) in [6, 6.07) is 14.7. The highest BCUT2D eigenvalue weighted by Crippen LogP contribution is 2.27. The summed E-state index contributed by atoms with van der Waals surface area (Å²) in [6.45, 7) is 0.544. The number of aromatic amines is 1. The van der Waals surface area contributed by atoms with Crippen molar-refractivity contribution in [3.8, 4) is 0 Å². The van der Waals surface area contributed by atoms with Gasteiger partial charge in [-0.05, 0) is 16.3 Å². The molecule has 132 valence electrons. The molecule has 3 aromatic heterocycles. The van der Waals surface area contributed by atoms with E-state index >= 15 is 0 Å². The van der Waals surface area contributed by atoms with E-state index in [1.165, 1.54) is 22.7 Å². The van der Waals surface area contributed by atoms with Crippen LogP contribution in [0.25, 0.3) is 21.8 Å². The van der Waals surface area contributed by atoms with Crippen LogP contribution in [-0.4, -0.2) is 29.7 Å². The SMILES string of the molecule is Nc1ncnc2c1c(Cc1cccc3ccccc13)nn2Cc1cnc[nH]1. The first kappa shape index (κ1) is 15.5. The maximum absolute atomic E-state index is 6.19. The largest absolute Gasteiger partial charge is 0.383 e. The summed E-state index contributed by atoms with van der Waals surface area (Å²) >= 11 is 0. The zero-order valence-corrected chi connectivity index (χ0v) is 14.5. The van der Waals surface area contributed by atoms with Crippen molar-refractivity contribution < 1.29 is 0 Å². The van der Waals surface area contributed by atoms with Crippen molar-refractivity contribution in [3.63, 3.8) is 0 Å². The van der Waals surface area contributed by atoms with Gasteiger partial charge in [0.2, 0.25) is 0 Å². The first-order chi connectivity index (χ1) is 13.3. The second-order valence-corrected chi connectivity index (χ2v) is 6.45. The van der Waals surface area contributed by atoms with Crippen LogP contribution in [0.4, 0.5) is 5.82 Å². The number of H-pyrrole nitrogens is 1. The molecule has 0 radical (unpaired) electrons. The molecule has 27 heavy (non-hydrogen) atoms. The third kappa shape index (κ3) is 2.69. The Morgan fingerprint density at radius 3 is 2.81 bits per heavy atom. The molecule has 0 bridgehead atoms. The Labute approximate surface area is 154 Å². The summed E-state index contributed by atoms with van der Waals surface area (Å²) < 4.78 is 1.85. The molecule has 0 fully saturated rings. The number of hydrogen-bond donors (Lipinski definition) is 2. The van der Waals surface area contributed by atoms with E-state index in [2.05, 4.69) is 56.3 Å². The van der Waals surface area contributed by atoms with Crippen LogP contribution in [0.2, 0.25) is 0 Å². The van der Waals surface area contributed by atoms with Crippen molar-refractivity contribution in [2.45, 2.75) is 13.0 Å². The van der Waals surface area contributed by atoms with Gasteiger partial charge >= 0.3 is 0 Å². The number of hydrogen-bond acceptors (Lipinski definition) is 5. The van der Waals surface area contributed by atoms with Gasteiger partial charge in [-0.1, -0.05) is 42.5 Å². The lowest BCUT2D eigenvalue weighted by molar-refractivity contribution is 0.680. The summed E-state index contributed by atoms with van der Waals surface area (Å²) in [5.74, 6) is 0.450. The number of benzene rings is 2. The van der Waals surface area contributed by atoms with Crippen molar-refractivity contribution >= 4 is 27.6 Å². The topological polar surface area (TPSA) is 98.3 Å². The highest BCUT2D eigenvalue weighted by Gasteiger charge is 2.17. The minimum Gasteiger partial charge on any atom is -0.383 e. The van der Waals surface area contributed by atoms with Crippen LogP contribution in [0.15, 0.2) is 61.3 Å². The molecule has 7 nitrogen and oxygen atoms in total. The highest BCUT2D eigenvalue weighted by molar-refractivity contribution is 5.90. The van der Waals surface area contributed by atoms with Gasteiger partial charge in [-0.3, -0.25) is 0 Å². The fraction of sp³-hybridized carbons (Fsp3) is 0.100. The lowest BCUT2D eigenvalue weighted by atomic mass is 10.0. The van der Waals surface area contributed by atoms with Crippen molar-refractivity contribution in [2.75, 3.05) is 5.73 Å². The molecule has 3 heterocycles. The maximum atomic E-state index is 6.19. The number of nitrogens with two attached hydrogens (primary N) is 1. The van der Waals surface area contributed by atoms with Crippen LogP contribution >= 0.6 is 0 Å². The Morgan fingerprint density at radius 1 is 1.04 bits per heavy atom. The lowest BCUT2D eigenvalue weighted by Crippen LogP contribution is -2.04. The molecule has 0 saturated carbocycles. The van der Waals surface area contributed by atoms with Gasteiger partial charge in [0.05, 0.1) is 29.6 Å². The van der Waals surface area contributed by atoms with Crippen molar-refractivity contribution in [1.82, 2.24) is 29.7 Å². The number of nitrogen functional groups attached to an aromatic ring is 1. The second-order valence-electron chi connectivity index (χ2n) is 6.45. The smallest absolute Gasteiger partial charge is 0.163 e. The molecule has 5 aromatic rings. The van der Waals surface area contributed by atoms with Crippen LogP contribution in [0.3, 0.4) is 0 Å². The van der Waals surface area contributed by atoms with Gasteiger partial charge in [-0.2, -0.15) is 5.10 Å². The first-order valence-electron chi connectivity index (χ1n) is 8.69. The van der Waals surface area contributed by atoms with E-state index in [0.29, 0.717) is 18.8 Å². The van der Waals surface area contributed by atoms with E-state index in [-0.39, 0.29) is 0 Å². The number of anilines is 1. The predicted octanol–water partition coefficient (Wildman–Crippen LogP) is 2.92. The average molecular weight is 355 g/mol. The van der Waals surface area contributed by atoms with Crippen molar-refractivity contribution in [3.05, 3.63) is 78.3 Å². The molecule has 0 aliphatic heterocycles. The first-order valence-corrected chi connectivity index (χ1v) is 8.69. The Balaban J connectivity index is 1.64. The molecule has 2 aromatic carbocycles. The third-order valence-corrected chi connectivity index (χ3v) is 4.74. The Morgan fingerprint density at radius 2 is 1.93 bits per heavy atom. The average Bonchev–Trinajstić information content (AvgIpc) is 3.32. The molecule has 0 saturated heterocycles. The summed E-state index contributed by atoms with van der Waals surface area (Å²) in [4.78, 5) is 15.8. The van der Waals surface area contributed by atoms with E-state index in [1.807, 2.05) is 10.7 Å². The van der Waals surface area contributed by atoms with Crippen LogP contribution in [0.5, 0.6) is 0 Å². The summed E-state index contributed by atoms with van der Waals surface area (Å²) in [5.41, 5.74) is 9.94. The molecular weight excluding hydrogens is 338 g/mol. The normalized spacial score (nSPS) is 11.4. The van der Waals surface area contributed by atoms with Crippen LogP contribution < -0.4 is 5.73 Å². The van der Waals surface area contributed by atoms with Gasteiger partial charge in [0.1, 0.15) is 12.1 Å². The summed E-state index contributed by atoms with van der Waals surface area (Å²) in [6.07, 6.45) is 5.57. The van der Waals surface area contributed by atoms with Gasteiger partial charge in [-0.25, -0.2) is 19.6 Å². The molecule has 0 atom stereocenters. The minimum atomic E-state index is 0.450. The second kappa shape index (κ2) is 6.21. The minimum absolute atomic E-state index is 0.450. The van der Waals surface area contributed by atoms with E-state index in [0.717, 1.165) is 22.4 Å². The van der Waals surface area contributed by atoms with Crippen molar-refractivity contribution in [1.29, 1.82) is 0 Å². The van der Waals surface area contributed by atoms with Gasteiger partial charge in [0, 0.05) is 12.6 Å². The summed E-state index contributed by atoms with van der Waals surface area (Å²) in [5, 5.41) is 8.05. The van der Waals surface area contributed by atoms with E-state index in [4.69, 9.17) is 10.8 Å². The maximum Gasteiger partial charge on any atom is 0.163 e. The molecule has 0 spiro atoms. The summed E-state index contributed by atoms with van der Waals surface area (Å²) in [7, 11) is 0. The number of nitrogens with one attached hydrogen (secondary N) is 1. The monoisotopic (exact) mass is 355 g/mol. The van der Waals surface area contributed by atoms with Gasteiger partial charge in [-0.15, -0.1) is 0 Å². The lowest BCUT2D eigenvalue weighted by Gasteiger charge is -2.05. The Kier molecular flexibility index (Phi) is 3.57. The van der Waals surface area contributed by atoms with Crippen LogP contribution in [0.1, 0.15) is 17.0 Å². The fourth-order valence-corrected chi connectivity index (χ4v) is 3.50. The fourth-order valence-electron chi connectivity index (χ4n) is 3.50. The molecular formula is C20H17N7. The van der Waals surface area contributed by atoms with E-state index in [9.17, 15) is 0 Å². The molecule has 7 heteroatoms. The number of aromatic nitrogens is 6. The molecule has 0 unspecified atom stereocenters. The van der Waals surface area contributed by atoms with E-state index in [1.54, 1.807) is 12.5 Å². The molecule has 5 rings (SSSR count). The number of imidazole rings is 1.